The molecule has 236 valence electrons. The summed E-state index contributed by atoms with van der Waals surface area (Å²) in [7, 11) is 0. The predicted molar refractivity (Wildman–Crippen MR) is 215 cm³/mol. The molecule has 0 fully saturated rings. The third-order valence-electron chi connectivity index (χ3n) is 11.2. The zero-order valence-corrected chi connectivity index (χ0v) is 28.3. The lowest BCUT2D eigenvalue weighted by Gasteiger charge is -2.21. The summed E-state index contributed by atoms with van der Waals surface area (Å²) in [6.45, 7) is 4.43. The SMILES string of the molecule is C#COc1ccc2c3c(cccc13)-c1cc3c(-c4ccccc4)c4cc5c(cc4c(-c4ccccc4)c3cc1-2)-c1cc(C)cc2cc(C)cc-5c12. The molecular weight excluding hydrogens is 617 g/mol. The maximum Gasteiger partial charge on any atom is 0.148 e. The van der Waals surface area contributed by atoms with Crippen molar-refractivity contribution in [3.63, 3.8) is 0 Å². The molecule has 51 heavy (non-hydrogen) atoms. The van der Waals surface area contributed by atoms with Gasteiger partial charge in [-0.1, -0.05) is 110 Å². The van der Waals surface area contributed by atoms with Gasteiger partial charge in [-0.3, -0.25) is 0 Å². The fraction of sp³-hybridized carbons (Fsp3) is 0.0400. The lowest BCUT2D eigenvalue weighted by atomic mass is 9.82. The van der Waals surface area contributed by atoms with Crippen molar-refractivity contribution in [1.29, 1.82) is 0 Å². The zero-order valence-electron chi connectivity index (χ0n) is 28.3. The van der Waals surface area contributed by atoms with Crippen LogP contribution >= 0.6 is 0 Å². The second kappa shape index (κ2) is 10.2. The smallest absolute Gasteiger partial charge is 0.148 e. The van der Waals surface area contributed by atoms with Gasteiger partial charge in [0.25, 0.3) is 0 Å². The van der Waals surface area contributed by atoms with Crippen LogP contribution in [0.15, 0.2) is 140 Å². The van der Waals surface area contributed by atoms with Gasteiger partial charge in [0.05, 0.1) is 0 Å². The van der Waals surface area contributed by atoms with E-state index >= 15 is 0 Å². The minimum Gasteiger partial charge on any atom is -0.407 e. The number of fused-ring (bicyclic) bond motifs is 8. The molecule has 0 aromatic heterocycles. The highest BCUT2D eigenvalue weighted by atomic mass is 16.5. The van der Waals surface area contributed by atoms with Gasteiger partial charge in [-0.25, -0.2) is 0 Å². The molecule has 11 rings (SSSR count). The second-order valence-corrected chi connectivity index (χ2v) is 14.2. The molecule has 1 nitrogen and oxygen atoms in total. The third-order valence-corrected chi connectivity index (χ3v) is 11.2. The van der Waals surface area contributed by atoms with Crippen LogP contribution in [0.4, 0.5) is 0 Å². The molecule has 0 unspecified atom stereocenters. The molecule has 0 atom stereocenters. The first-order valence-corrected chi connectivity index (χ1v) is 17.5. The molecule has 9 aromatic carbocycles. The van der Waals surface area contributed by atoms with Crippen LogP contribution < -0.4 is 4.74 Å². The Kier molecular flexibility index (Phi) is 5.65. The van der Waals surface area contributed by atoms with Crippen molar-refractivity contribution in [1.82, 2.24) is 0 Å². The van der Waals surface area contributed by atoms with E-state index in [0.717, 1.165) is 5.39 Å². The average Bonchev–Trinajstić information content (AvgIpc) is 3.63. The highest BCUT2D eigenvalue weighted by Crippen LogP contribution is 2.56. The van der Waals surface area contributed by atoms with Crippen LogP contribution in [0.3, 0.4) is 0 Å². The molecule has 0 saturated carbocycles. The molecule has 2 aliphatic carbocycles. The van der Waals surface area contributed by atoms with Crippen LogP contribution in [0.2, 0.25) is 0 Å². The molecule has 0 radical (unpaired) electrons. The van der Waals surface area contributed by atoms with Crippen LogP contribution in [-0.2, 0) is 0 Å². The van der Waals surface area contributed by atoms with E-state index < -0.39 is 0 Å². The molecule has 0 spiro atoms. The van der Waals surface area contributed by atoms with Crippen LogP contribution in [0, 0.1) is 26.4 Å². The quantitative estimate of drug-likeness (QED) is 0.137. The number of terminal acetylenes is 1. The van der Waals surface area contributed by atoms with Crippen molar-refractivity contribution < 1.29 is 4.74 Å². The Labute approximate surface area is 296 Å². The number of hydrogen-bond acceptors (Lipinski definition) is 1. The number of ether oxygens (including phenoxy) is 1. The summed E-state index contributed by atoms with van der Waals surface area (Å²) in [6.07, 6.45) is 8.00. The van der Waals surface area contributed by atoms with Gasteiger partial charge < -0.3 is 4.74 Å². The van der Waals surface area contributed by atoms with E-state index in [1.54, 1.807) is 0 Å². The summed E-state index contributed by atoms with van der Waals surface area (Å²) in [5, 5.41) is 9.94. The van der Waals surface area contributed by atoms with E-state index in [9.17, 15) is 0 Å². The Balaban J connectivity index is 1.34. The van der Waals surface area contributed by atoms with E-state index in [1.165, 1.54) is 116 Å². The Hall–Kier alpha value is -6.62. The maximum absolute atomic E-state index is 5.67. The summed E-state index contributed by atoms with van der Waals surface area (Å²) in [4.78, 5) is 0. The summed E-state index contributed by atoms with van der Waals surface area (Å²) >= 11 is 0. The molecular formula is C50H30O. The van der Waals surface area contributed by atoms with Crippen LogP contribution in [0.1, 0.15) is 11.1 Å². The highest BCUT2D eigenvalue weighted by Gasteiger charge is 2.29. The summed E-state index contributed by atoms with van der Waals surface area (Å²) in [5.74, 6) is 0.714. The summed E-state index contributed by atoms with van der Waals surface area (Å²) in [6, 6.07) is 51.9. The van der Waals surface area contributed by atoms with Crippen molar-refractivity contribution in [3.05, 3.63) is 151 Å². The zero-order chi connectivity index (χ0) is 34.0. The predicted octanol–water partition coefficient (Wildman–Crippen LogP) is 13.5. The molecule has 0 aliphatic heterocycles. The first kappa shape index (κ1) is 28.2. The summed E-state index contributed by atoms with van der Waals surface area (Å²) in [5.41, 5.74) is 17.7. The first-order chi connectivity index (χ1) is 25.1. The second-order valence-electron chi connectivity index (χ2n) is 14.2. The van der Waals surface area contributed by atoms with Gasteiger partial charge in [0, 0.05) is 10.8 Å². The van der Waals surface area contributed by atoms with E-state index in [1.807, 2.05) is 6.07 Å². The minimum atomic E-state index is 0.714. The monoisotopic (exact) mass is 646 g/mol. The van der Waals surface area contributed by atoms with E-state index in [2.05, 4.69) is 153 Å². The lowest BCUT2D eigenvalue weighted by molar-refractivity contribution is 0.527. The third kappa shape index (κ3) is 3.82. The Morgan fingerprint density at radius 3 is 1.41 bits per heavy atom. The Morgan fingerprint density at radius 1 is 0.412 bits per heavy atom. The van der Waals surface area contributed by atoms with Gasteiger partial charge in [0.15, 0.2) is 0 Å². The number of rotatable bonds is 3. The largest absolute Gasteiger partial charge is 0.407 e. The van der Waals surface area contributed by atoms with E-state index in [4.69, 9.17) is 11.2 Å². The molecule has 0 saturated heterocycles. The number of benzene rings is 9. The van der Waals surface area contributed by atoms with Crippen molar-refractivity contribution in [2.45, 2.75) is 13.8 Å². The normalized spacial score (nSPS) is 12.1. The average molecular weight is 647 g/mol. The van der Waals surface area contributed by atoms with Crippen molar-refractivity contribution in [2.24, 2.45) is 0 Å². The Morgan fingerprint density at radius 2 is 0.902 bits per heavy atom. The standard InChI is InChI=1S/C50H30O/c1-4-51-46-19-18-34-37-25-43-42(24-36(37)33-16-11-17-35(46)50(33)34)47(30-12-7-5-8-13-30)44-26-38-39(27-45(44)48(43)31-14-9-6-10-15-31)41-23-29(3)21-32-20-28(2)22-40(38)49(32)41/h1,5-27H,2-3H3. The Bertz CT molecular complexity index is 2890. The van der Waals surface area contributed by atoms with Gasteiger partial charge in [0.1, 0.15) is 11.9 Å². The molecule has 0 bridgehead atoms. The van der Waals surface area contributed by atoms with Crippen molar-refractivity contribution in [2.75, 3.05) is 0 Å². The van der Waals surface area contributed by atoms with Gasteiger partial charge >= 0.3 is 0 Å². The molecule has 0 amide bonds. The number of hydrogen-bond donors (Lipinski definition) is 0. The van der Waals surface area contributed by atoms with Crippen molar-refractivity contribution >= 4 is 43.1 Å². The molecule has 1 heteroatoms. The lowest BCUT2D eigenvalue weighted by Crippen LogP contribution is -1.93. The van der Waals surface area contributed by atoms with Crippen LogP contribution in [0.25, 0.3) is 110 Å². The fourth-order valence-electron chi connectivity index (χ4n) is 9.26. The van der Waals surface area contributed by atoms with Crippen LogP contribution in [-0.4, -0.2) is 0 Å². The number of aryl methyl sites for hydroxylation is 2. The maximum atomic E-state index is 5.67. The first-order valence-electron chi connectivity index (χ1n) is 17.5. The summed E-state index contributed by atoms with van der Waals surface area (Å²) < 4.78 is 5.67. The van der Waals surface area contributed by atoms with E-state index in [0.29, 0.717) is 5.75 Å². The van der Waals surface area contributed by atoms with Crippen LogP contribution in [0.5, 0.6) is 5.75 Å². The highest BCUT2D eigenvalue weighted by molar-refractivity contribution is 6.28. The van der Waals surface area contributed by atoms with Gasteiger partial charge in [-0.2, -0.15) is 0 Å². The van der Waals surface area contributed by atoms with Gasteiger partial charge in [-0.15, -0.1) is 0 Å². The fourth-order valence-corrected chi connectivity index (χ4v) is 9.26. The molecule has 0 N–H and O–H groups in total. The minimum absolute atomic E-state index is 0.714. The van der Waals surface area contributed by atoms with Crippen molar-refractivity contribution in [3.8, 4) is 85.0 Å². The molecule has 2 aliphatic rings. The van der Waals surface area contributed by atoms with Gasteiger partial charge in [-0.05, 0) is 160 Å². The van der Waals surface area contributed by atoms with Gasteiger partial charge in [0.2, 0.25) is 0 Å². The topological polar surface area (TPSA) is 9.23 Å². The molecule has 0 heterocycles. The van der Waals surface area contributed by atoms with E-state index in [-0.39, 0.29) is 0 Å². The molecule has 9 aromatic rings.